The molecule has 0 aliphatic heterocycles. The number of benzene rings is 2. The van der Waals surface area contributed by atoms with Gasteiger partial charge in [0.1, 0.15) is 11.4 Å². The molecule has 1 N–H and O–H groups in total. The molecule has 0 aliphatic rings. The smallest absolute Gasteiger partial charge is 0.287 e. The highest BCUT2D eigenvalue weighted by Gasteiger charge is 2.12. The molecule has 1 amide bonds. The van der Waals surface area contributed by atoms with Crippen molar-refractivity contribution in [2.75, 3.05) is 0 Å². The second kappa shape index (κ2) is 5.40. The maximum absolute atomic E-state index is 13.5. The maximum atomic E-state index is 13.5. The lowest BCUT2D eigenvalue weighted by molar-refractivity contribution is 0.0925. The molecule has 4 heteroatoms. The van der Waals surface area contributed by atoms with Gasteiger partial charge in [-0.25, -0.2) is 4.39 Å². The molecule has 106 valence electrons. The Labute approximate surface area is 121 Å². The summed E-state index contributed by atoms with van der Waals surface area (Å²) < 4.78 is 19.0. The van der Waals surface area contributed by atoms with E-state index in [0.717, 1.165) is 10.9 Å². The highest BCUT2D eigenvalue weighted by Crippen LogP contribution is 2.20. The standard InChI is InChI=1S/C17H14FNO2/c1-11-6-7-12-9-16(21-15(12)8-11)17(20)19-10-13-4-2-3-5-14(13)18/h2-9H,10H2,1H3,(H,19,20). The van der Waals surface area contributed by atoms with Crippen molar-refractivity contribution < 1.29 is 13.6 Å². The zero-order valence-electron chi connectivity index (χ0n) is 11.5. The van der Waals surface area contributed by atoms with Gasteiger partial charge in [0.05, 0.1) is 0 Å². The highest BCUT2D eigenvalue weighted by atomic mass is 19.1. The first-order chi connectivity index (χ1) is 10.1. The number of hydrogen-bond acceptors (Lipinski definition) is 2. The summed E-state index contributed by atoms with van der Waals surface area (Å²) in [5, 5.41) is 3.53. The third-order valence-corrected chi connectivity index (χ3v) is 3.30. The number of nitrogens with one attached hydrogen (secondary N) is 1. The predicted molar refractivity (Wildman–Crippen MR) is 78.5 cm³/mol. The van der Waals surface area contributed by atoms with E-state index in [-0.39, 0.29) is 24.0 Å². The van der Waals surface area contributed by atoms with Crippen LogP contribution >= 0.6 is 0 Å². The fourth-order valence-corrected chi connectivity index (χ4v) is 2.15. The molecule has 0 spiro atoms. The maximum Gasteiger partial charge on any atom is 0.287 e. The largest absolute Gasteiger partial charge is 0.451 e. The number of rotatable bonds is 3. The first kappa shape index (κ1) is 13.4. The molecule has 0 fully saturated rings. The monoisotopic (exact) mass is 283 g/mol. The molecule has 0 unspecified atom stereocenters. The lowest BCUT2D eigenvalue weighted by atomic mass is 10.2. The van der Waals surface area contributed by atoms with Crippen molar-refractivity contribution in [3.63, 3.8) is 0 Å². The van der Waals surface area contributed by atoms with E-state index < -0.39 is 0 Å². The average Bonchev–Trinajstić information content (AvgIpc) is 2.89. The van der Waals surface area contributed by atoms with Crippen LogP contribution in [0.5, 0.6) is 0 Å². The second-order valence-electron chi connectivity index (χ2n) is 4.93. The molecule has 1 aromatic heterocycles. The number of fused-ring (bicyclic) bond motifs is 1. The lowest BCUT2D eigenvalue weighted by Crippen LogP contribution is -2.22. The normalized spacial score (nSPS) is 10.8. The van der Waals surface area contributed by atoms with Gasteiger partial charge in [-0.2, -0.15) is 0 Å². The molecule has 0 saturated carbocycles. The number of carbonyl (C=O) groups excluding carboxylic acids is 1. The van der Waals surface area contributed by atoms with Gasteiger partial charge in [0.2, 0.25) is 0 Å². The minimum Gasteiger partial charge on any atom is -0.451 e. The molecule has 0 radical (unpaired) electrons. The summed E-state index contributed by atoms with van der Waals surface area (Å²) in [7, 11) is 0. The Morgan fingerprint density at radius 1 is 1.19 bits per heavy atom. The number of amides is 1. The van der Waals surface area contributed by atoms with E-state index in [1.165, 1.54) is 6.07 Å². The van der Waals surface area contributed by atoms with Gasteiger partial charge in [-0.1, -0.05) is 30.3 Å². The molecule has 0 aliphatic carbocycles. The zero-order chi connectivity index (χ0) is 14.8. The SMILES string of the molecule is Cc1ccc2cc(C(=O)NCc3ccccc3F)oc2c1. The van der Waals surface area contributed by atoms with Crippen LogP contribution in [-0.4, -0.2) is 5.91 Å². The first-order valence-corrected chi connectivity index (χ1v) is 6.65. The van der Waals surface area contributed by atoms with E-state index in [2.05, 4.69) is 5.32 Å². The summed E-state index contributed by atoms with van der Waals surface area (Å²) in [5.41, 5.74) is 2.18. The molecular formula is C17H14FNO2. The van der Waals surface area contributed by atoms with Crippen LogP contribution in [0.1, 0.15) is 21.7 Å². The zero-order valence-corrected chi connectivity index (χ0v) is 11.5. The minimum atomic E-state index is -0.355. The van der Waals surface area contributed by atoms with E-state index in [1.54, 1.807) is 24.3 Å². The minimum absolute atomic E-state index is 0.127. The van der Waals surface area contributed by atoms with Crippen molar-refractivity contribution in [3.05, 3.63) is 71.2 Å². The van der Waals surface area contributed by atoms with Gasteiger partial charge in [0.15, 0.2) is 5.76 Å². The Morgan fingerprint density at radius 2 is 2.00 bits per heavy atom. The molecular weight excluding hydrogens is 269 g/mol. The van der Waals surface area contributed by atoms with Gasteiger partial charge in [-0.15, -0.1) is 0 Å². The number of halogens is 1. The van der Waals surface area contributed by atoms with Gasteiger partial charge < -0.3 is 9.73 Å². The summed E-state index contributed by atoms with van der Waals surface area (Å²) in [5.74, 6) is -0.461. The van der Waals surface area contributed by atoms with Gasteiger partial charge in [0.25, 0.3) is 5.91 Å². The Balaban J connectivity index is 1.76. The van der Waals surface area contributed by atoms with Crippen LogP contribution in [0.2, 0.25) is 0 Å². The van der Waals surface area contributed by atoms with Crippen molar-refractivity contribution in [3.8, 4) is 0 Å². The van der Waals surface area contributed by atoms with Crippen LogP contribution < -0.4 is 5.32 Å². The Bertz CT molecular complexity index is 807. The Morgan fingerprint density at radius 3 is 2.81 bits per heavy atom. The average molecular weight is 283 g/mol. The number of furan rings is 1. The summed E-state index contributed by atoms with van der Waals surface area (Å²) >= 11 is 0. The van der Waals surface area contributed by atoms with Crippen molar-refractivity contribution in [1.29, 1.82) is 0 Å². The van der Waals surface area contributed by atoms with Crippen LogP contribution in [0, 0.1) is 12.7 Å². The van der Waals surface area contributed by atoms with Gasteiger partial charge in [-0.3, -0.25) is 4.79 Å². The van der Waals surface area contributed by atoms with Gasteiger partial charge in [-0.05, 0) is 30.7 Å². The van der Waals surface area contributed by atoms with E-state index in [1.807, 2.05) is 25.1 Å². The molecule has 2 aromatic carbocycles. The summed E-state index contributed by atoms with van der Waals surface area (Å²) in [6.45, 7) is 2.08. The van der Waals surface area contributed by atoms with E-state index in [4.69, 9.17) is 4.42 Å². The molecule has 0 atom stereocenters. The Hall–Kier alpha value is -2.62. The van der Waals surface area contributed by atoms with Crippen molar-refractivity contribution >= 4 is 16.9 Å². The first-order valence-electron chi connectivity index (χ1n) is 6.65. The quantitative estimate of drug-likeness (QED) is 0.794. The predicted octanol–water partition coefficient (Wildman–Crippen LogP) is 3.81. The molecule has 21 heavy (non-hydrogen) atoms. The lowest BCUT2D eigenvalue weighted by Gasteiger charge is -2.04. The van der Waals surface area contributed by atoms with E-state index in [9.17, 15) is 9.18 Å². The number of hydrogen-bond donors (Lipinski definition) is 1. The molecule has 0 saturated heterocycles. The third kappa shape index (κ3) is 2.79. The van der Waals surface area contributed by atoms with E-state index in [0.29, 0.717) is 11.1 Å². The molecule has 0 bridgehead atoms. The second-order valence-corrected chi connectivity index (χ2v) is 4.93. The topological polar surface area (TPSA) is 42.2 Å². The van der Waals surface area contributed by atoms with Crippen LogP contribution in [0.25, 0.3) is 11.0 Å². The van der Waals surface area contributed by atoms with E-state index >= 15 is 0 Å². The van der Waals surface area contributed by atoms with Crippen molar-refractivity contribution in [2.24, 2.45) is 0 Å². The fourth-order valence-electron chi connectivity index (χ4n) is 2.15. The van der Waals surface area contributed by atoms with Gasteiger partial charge >= 0.3 is 0 Å². The molecule has 1 heterocycles. The summed E-state index contributed by atoms with van der Waals surface area (Å²) in [4.78, 5) is 12.1. The number of aryl methyl sites for hydroxylation is 1. The van der Waals surface area contributed by atoms with Crippen molar-refractivity contribution in [2.45, 2.75) is 13.5 Å². The highest BCUT2D eigenvalue weighted by molar-refractivity contribution is 5.96. The molecule has 3 aromatic rings. The van der Waals surface area contributed by atoms with Crippen LogP contribution in [-0.2, 0) is 6.54 Å². The molecule has 3 nitrogen and oxygen atoms in total. The van der Waals surface area contributed by atoms with Gasteiger partial charge in [0, 0.05) is 17.5 Å². The van der Waals surface area contributed by atoms with Crippen LogP contribution in [0.3, 0.4) is 0 Å². The molecule has 3 rings (SSSR count). The summed E-state index contributed by atoms with van der Waals surface area (Å²) in [6, 6.07) is 13.8. The third-order valence-electron chi connectivity index (χ3n) is 3.30. The van der Waals surface area contributed by atoms with Crippen LogP contribution in [0.15, 0.2) is 52.9 Å². The Kier molecular flexibility index (Phi) is 3.44. The fraction of sp³-hybridized carbons (Fsp3) is 0.118. The summed E-state index contributed by atoms with van der Waals surface area (Å²) in [6.07, 6.45) is 0. The van der Waals surface area contributed by atoms with Crippen LogP contribution in [0.4, 0.5) is 4.39 Å². The number of carbonyl (C=O) groups is 1. The van der Waals surface area contributed by atoms with Crippen molar-refractivity contribution in [1.82, 2.24) is 5.32 Å².